The summed E-state index contributed by atoms with van der Waals surface area (Å²) >= 11 is 1.49. The first-order valence-electron chi connectivity index (χ1n) is 4.29. The minimum absolute atomic E-state index is 0.0539. The van der Waals surface area contributed by atoms with Gasteiger partial charge in [-0.15, -0.1) is 11.8 Å². The van der Waals surface area contributed by atoms with Crippen LogP contribution in [0, 0.1) is 0 Å². The van der Waals surface area contributed by atoms with Crippen LogP contribution in [0.5, 0.6) is 0 Å². The van der Waals surface area contributed by atoms with Gasteiger partial charge in [0.15, 0.2) is 0 Å². The third kappa shape index (κ3) is 9.12. The fourth-order valence-electron chi connectivity index (χ4n) is 0.741. The van der Waals surface area contributed by atoms with E-state index in [1.165, 1.54) is 18.7 Å². The minimum atomic E-state index is -0.811. The summed E-state index contributed by atoms with van der Waals surface area (Å²) in [5.41, 5.74) is 0. The third-order valence-corrected chi connectivity index (χ3v) is 2.42. The highest BCUT2D eigenvalue weighted by Crippen LogP contribution is 2.17. The molecule has 80 valence electrons. The Morgan fingerprint density at radius 3 is 2.57 bits per heavy atom. The van der Waals surface area contributed by atoms with Gasteiger partial charge in [0.1, 0.15) is 0 Å². The van der Waals surface area contributed by atoms with Gasteiger partial charge >= 0.3 is 5.97 Å². The molecule has 0 heterocycles. The van der Waals surface area contributed by atoms with Crippen LogP contribution in [-0.2, 0) is 9.59 Å². The second-order valence-corrected chi connectivity index (χ2v) is 4.04. The first kappa shape index (κ1) is 13.0. The van der Waals surface area contributed by atoms with Crippen LogP contribution in [0.25, 0.3) is 0 Å². The molecule has 0 unspecified atom stereocenters. The van der Waals surface area contributed by atoms with E-state index in [9.17, 15) is 9.59 Å². The van der Waals surface area contributed by atoms with Crippen molar-refractivity contribution in [1.82, 2.24) is 5.32 Å². The SMILES string of the molecule is C=C(CCC(=O)O)SCCNC(C)=O. The fourth-order valence-corrected chi connectivity index (χ4v) is 1.48. The summed E-state index contributed by atoms with van der Waals surface area (Å²) in [6.07, 6.45) is 0.603. The Balaban J connectivity index is 3.36. The summed E-state index contributed by atoms with van der Waals surface area (Å²) in [5, 5.41) is 11.0. The van der Waals surface area contributed by atoms with E-state index in [0.717, 1.165) is 10.7 Å². The molecule has 0 saturated carbocycles. The zero-order valence-corrected chi connectivity index (χ0v) is 9.02. The summed E-state index contributed by atoms with van der Waals surface area (Å²) in [6.45, 7) is 5.78. The van der Waals surface area contributed by atoms with Gasteiger partial charge in [-0.25, -0.2) is 0 Å². The molecular formula is C9H15NO3S. The van der Waals surface area contributed by atoms with Crippen LogP contribution in [-0.4, -0.2) is 29.3 Å². The van der Waals surface area contributed by atoms with Crippen molar-refractivity contribution < 1.29 is 14.7 Å². The van der Waals surface area contributed by atoms with Gasteiger partial charge < -0.3 is 10.4 Å². The molecule has 0 aromatic carbocycles. The topological polar surface area (TPSA) is 66.4 Å². The first-order valence-corrected chi connectivity index (χ1v) is 5.27. The molecule has 5 heteroatoms. The Morgan fingerprint density at radius 2 is 2.07 bits per heavy atom. The van der Waals surface area contributed by atoms with E-state index in [-0.39, 0.29) is 12.3 Å². The molecule has 0 aliphatic rings. The standard InChI is InChI=1S/C9H15NO3S/c1-7(3-4-9(12)13)14-6-5-10-8(2)11/h1,3-6H2,2H3,(H,10,11)(H,12,13). The van der Waals surface area contributed by atoms with Crippen molar-refractivity contribution in [3.05, 3.63) is 11.5 Å². The van der Waals surface area contributed by atoms with Crippen LogP contribution >= 0.6 is 11.8 Å². The summed E-state index contributed by atoms with van der Waals surface area (Å²) in [7, 11) is 0. The summed E-state index contributed by atoms with van der Waals surface area (Å²) in [4.78, 5) is 21.5. The Labute approximate surface area is 87.8 Å². The van der Waals surface area contributed by atoms with Crippen molar-refractivity contribution in [1.29, 1.82) is 0 Å². The monoisotopic (exact) mass is 217 g/mol. The molecule has 0 bridgehead atoms. The zero-order valence-electron chi connectivity index (χ0n) is 8.21. The van der Waals surface area contributed by atoms with Crippen LogP contribution in [0.4, 0.5) is 0 Å². The highest BCUT2D eigenvalue weighted by atomic mass is 32.2. The molecular weight excluding hydrogens is 202 g/mol. The van der Waals surface area contributed by atoms with Gasteiger partial charge in [0.2, 0.25) is 5.91 Å². The van der Waals surface area contributed by atoms with Gasteiger partial charge in [0, 0.05) is 25.6 Å². The van der Waals surface area contributed by atoms with Crippen molar-refractivity contribution in [2.75, 3.05) is 12.3 Å². The highest BCUT2D eigenvalue weighted by Gasteiger charge is 2.00. The van der Waals surface area contributed by atoms with E-state index in [0.29, 0.717) is 13.0 Å². The zero-order chi connectivity index (χ0) is 11.0. The number of amides is 1. The average Bonchev–Trinajstić information content (AvgIpc) is 2.08. The lowest BCUT2D eigenvalue weighted by Crippen LogP contribution is -2.22. The normalized spacial score (nSPS) is 9.50. The van der Waals surface area contributed by atoms with Crippen LogP contribution in [0.15, 0.2) is 11.5 Å². The fraction of sp³-hybridized carbons (Fsp3) is 0.556. The van der Waals surface area contributed by atoms with Crippen LogP contribution in [0.2, 0.25) is 0 Å². The number of allylic oxidation sites excluding steroid dienone is 1. The van der Waals surface area contributed by atoms with Gasteiger partial charge in [-0.05, 0) is 11.3 Å². The van der Waals surface area contributed by atoms with E-state index >= 15 is 0 Å². The average molecular weight is 217 g/mol. The number of hydrogen-bond acceptors (Lipinski definition) is 3. The molecule has 0 spiro atoms. The number of carboxylic acids is 1. The lowest BCUT2D eigenvalue weighted by Gasteiger charge is -2.04. The highest BCUT2D eigenvalue weighted by molar-refractivity contribution is 8.03. The van der Waals surface area contributed by atoms with Gasteiger partial charge in [-0.2, -0.15) is 0 Å². The molecule has 0 radical (unpaired) electrons. The Hall–Kier alpha value is -0.970. The van der Waals surface area contributed by atoms with E-state index in [1.54, 1.807) is 0 Å². The number of carbonyl (C=O) groups excluding carboxylic acids is 1. The molecule has 4 nitrogen and oxygen atoms in total. The molecule has 0 fully saturated rings. The summed E-state index contributed by atoms with van der Waals surface area (Å²) in [6, 6.07) is 0. The van der Waals surface area contributed by atoms with Gasteiger partial charge in [-0.1, -0.05) is 6.58 Å². The van der Waals surface area contributed by atoms with Crippen molar-refractivity contribution in [2.24, 2.45) is 0 Å². The van der Waals surface area contributed by atoms with Crippen LogP contribution in [0.3, 0.4) is 0 Å². The van der Waals surface area contributed by atoms with Gasteiger partial charge in [0.05, 0.1) is 0 Å². The van der Waals surface area contributed by atoms with Crippen molar-refractivity contribution in [3.63, 3.8) is 0 Å². The first-order chi connectivity index (χ1) is 6.52. The number of nitrogens with one attached hydrogen (secondary N) is 1. The summed E-state index contributed by atoms with van der Waals surface area (Å²) < 4.78 is 0. The molecule has 0 aromatic rings. The van der Waals surface area contributed by atoms with Crippen LogP contribution in [0.1, 0.15) is 19.8 Å². The van der Waals surface area contributed by atoms with Crippen molar-refractivity contribution in [3.8, 4) is 0 Å². The number of aliphatic carboxylic acids is 1. The van der Waals surface area contributed by atoms with Crippen LogP contribution < -0.4 is 5.32 Å². The van der Waals surface area contributed by atoms with E-state index in [1.807, 2.05) is 0 Å². The quantitative estimate of drug-likeness (QED) is 0.629. The number of rotatable bonds is 7. The molecule has 1 amide bonds. The Morgan fingerprint density at radius 1 is 1.43 bits per heavy atom. The number of carboxylic acid groups (broad SMARTS) is 1. The molecule has 2 N–H and O–H groups in total. The third-order valence-electron chi connectivity index (χ3n) is 1.40. The lowest BCUT2D eigenvalue weighted by atomic mass is 10.3. The number of thioether (sulfide) groups is 1. The minimum Gasteiger partial charge on any atom is -0.481 e. The molecule has 14 heavy (non-hydrogen) atoms. The lowest BCUT2D eigenvalue weighted by molar-refractivity contribution is -0.136. The predicted molar refractivity (Wildman–Crippen MR) is 57.2 cm³/mol. The predicted octanol–water partition coefficient (Wildman–Crippen LogP) is 1.23. The Kier molecular flexibility index (Phi) is 6.92. The molecule has 0 aliphatic carbocycles. The largest absolute Gasteiger partial charge is 0.481 e. The molecule has 0 atom stereocenters. The second-order valence-electron chi connectivity index (χ2n) is 2.76. The second kappa shape index (κ2) is 7.44. The van der Waals surface area contributed by atoms with Crippen molar-refractivity contribution >= 4 is 23.6 Å². The van der Waals surface area contributed by atoms with Crippen molar-refractivity contribution in [2.45, 2.75) is 19.8 Å². The molecule has 0 rings (SSSR count). The van der Waals surface area contributed by atoms with Gasteiger partial charge in [-0.3, -0.25) is 9.59 Å². The maximum absolute atomic E-state index is 10.5. The molecule has 0 aromatic heterocycles. The maximum atomic E-state index is 10.5. The van der Waals surface area contributed by atoms with E-state index < -0.39 is 5.97 Å². The Bertz CT molecular complexity index is 228. The number of carbonyl (C=O) groups is 2. The maximum Gasteiger partial charge on any atom is 0.303 e. The molecule has 0 aliphatic heterocycles. The summed E-state index contributed by atoms with van der Waals surface area (Å²) in [5.74, 6) is -0.131. The van der Waals surface area contributed by atoms with E-state index in [2.05, 4.69) is 11.9 Å². The van der Waals surface area contributed by atoms with E-state index in [4.69, 9.17) is 5.11 Å². The number of hydrogen-bond donors (Lipinski definition) is 2. The van der Waals surface area contributed by atoms with Gasteiger partial charge in [0.25, 0.3) is 0 Å². The molecule has 0 saturated heterocycles. The smallest absolute Gasteiger partial charge is 0.303 e.